The zero-order valence-electron chi connectivity index (χ0n) is 14.1. The summed E-state index contributed by atoms with van der Waals surface area (Å²) in [6.07, 6.45) is 8.57. The van der Waals surface area contributed by atoms with Crippen molar-refractivity contribution in [1.29, 1.82) is 0 Å². The predicted octanol–water partition coefficient (Wildman–Crippen LogP) is 2.34. The molecule has 0 bridgehead atoms. The van der Waals surface area contributed by atoms with Gasteiger partial charge in [-0.3, -0.25) is 9.48 Å². The van der Waals surface area contributed by atoms with E-state index in [1.54, 1.807) is 12.5 Å². The Labute approximate surface area is 137 Å². The van der Waals surface area contributed by atoms with E-state index >= 15 is 0 Å². The van der Waals surface area contributed by atoms with Crippen LogP contribution in [0.1, 0.15) is 43.6 Å². The molecule has 124 valence electrons. The second kappa shape index (κ2) is 6.56. The van der Waals surface area contributed by atoms with Crippen molar-refractivity contribution in [1.82, 2.24) is 24.2 Å². The zero-order chi connectivity index (χ0) is 16.4. The number of aromatic nitrogens is 4. The zero-order valence-corrected chi connectivity index (χ0v) is 14.1. The van der Waals surface area contributed by atoms with E-state index in [2.05, 4.69) is 23.1 Å². The Hall–Kier alpha value is -2.11. The van der Waals surface area contributed by atoms with E-state index in [9.17, 15) is 4.79 Å². The van der Waals surface area contributed by atoms with Gasteiger partial charge in [-0.25, -0.2) is 4.98 Å². The van der Waals surface area contributed by atoms with E-state index in [1.807, 2.05) is 34.2 Å². The number of nitrogens with zero attached hydrogens (tertiary/aromatic N) is 5. The lowest BCUT2D eigenvalue weighted by Gasteiger charge is -2.37. The highest BCUT2D eigenvalue weighted by molar-refractivity contribution is 5.80. The van der Waals surface area contributed by atoms with Gasteiger partial charge < -0.3 is 9.47 Å². The topological polar surface area (TPSA) is 56.0 Å². The molecule has 1 saturated heterocycles. The summed E-state index contributed by atoms with van der Waals surface area (Å²) in [6.45, 7) is 7.64. The molecule has 0 aliphatic carbocycles. The minimum atomic E-state index is -0.210. The molecule has 0 N–H and O–H groups in total. The van der Waals surface area contributed by atoms with E-state index in [1.165, 1.54) is 6.42 Å². The molecule has 0 unspecified atom stereocenters. The quantitative estimate of drug-likeness (QED) is 0.870. The van der Waals surface area contributed by atoms with E-state index in [0.717, 1.165) is 37.3 Å². The number of hydrogen-bond acceptors (Lipinski definition) is 3. The molecule has 2 atom stereocenters. The Morgan fingerprint density at radius 2 is 2.22 bits per heavy atom. The number of amides is 1. The number of piperidine rings is 1. The average Bonchev–Trinajstić information content (AvgIpc) is 3.17. The van der Waals surface area contributed by atoms with Crippen molar-refractivity contribution >= 4 is 5.91 Å². The summed E-state index contributed by atoms with van der Waals surface area (Å²) >= 11 is 0. The van der Waals surface area contributed by atoms with Gasteiger partial charge in [0.05, 0.1) is 24.6 Å². The fraction of sp³-hybridized carbons (Fsp3) is 0.588. The molecule has 1 aliphatic heterocycles. The minimum absolute atomic E-state index is 0.175. The van der Waals surface area contributed by atoms with Crippen LogP contribution < -0.4 is 0 Å². The Morgan fingerprint density at radius 3 is 2.87 bits per heavy atom. The van der Waals surface area contributed by atoms with Gasteiger partial charge in [-0.15, -0.1) is 0 Å². The van der Waals surface area contributed by atoms with E-state index in [4.69, 9.17) is 0 Å². The van der Waals surface area contributed by atoms with Gasteiger partial charge in [-0.05, 0) is 46.1 Å². The Balaban J connectivity index is 1.75. The molecule has 1 fully saturated rings. The molecule has 6 nitrogen and oxygen atoms in total. The summed E-state index contributed by atoms with van der Waals surface area (Å²) in [5.74, 6) is 0.175. The van der Waals surface area contributed by atoms with Gasteiger partial charge in [0.15, 0.2) is 0 Å². The number of imidazole rings is 1. The number of aryl methyl sites for hydroxylation is 2. The Bertz CT molecular complexity index is 661. The van der Waals surface area contributed by atoms with Crippen LogP contribution in [0.5, 0.6) is 0 Å². The fourth-order valence-corrected chi connectivity index (χ4v) is 3.41. The van der Waals surface area contributed by atoms with E-state index in [-0.39, 0.29) is 18.0 Å². The number of carbonyl (C=O) groups is 1. The highest BCUT2D eigenvalue weighted by Gasteiger charge is 2.30. The molecule has 1 aliphatic rings. The third-order valence-electron chi connectivity index (χ3n) is 4.73. The van der Waals surface area contributed by atoms with Crippen LogP contribution >= 0.6 is 0 Å². The summed E-state index contributed by atoms with van der Waals surface area (Å²) in [4.78, 5) is 19.0. The molecule has 0 aromatic carbocycles. The first kappa shape index (κ1) is 15.8. The van der Waals surface area contributed by atoms with Gasteiger partial charge in [-0.1, -0.05) is 0 Å². The second-order valence-corrected chi connectivity index (χ2v) is 6.48. The maximum absolute atomic E-state index is 12.9. The van der Waals surface area contributed by atoms with Gasteiger partial charge >= 0.3 is 0 Å². The van der Waals surface area contributed by atoms with Crippen molar-refractivity contribution < 1.29 is 4.79 Å². The van der Waals surface area contributed by atoms with Crippen LogP contribution in [0.25, 0.3) is 0 Å². The molecule has 6 heteroatoms. The maximum atomic E-state index is 12.9. The van der Waals surface area contributed by atoms with Crippen molar-refractivity contribution in [2.24, 2.45) is 0 Å². The van der Waals surface area contributed by atoms with Crippen molar-refractivity contribution in [2.75, 3.05) is 6.54 Å². The average molecular weight is 315 g/mol. The van der Waals surface area contributed by atoms with Crippen molar-refractivity contribution in [3.05, 3.63) is 36.2 Å². The summed E-state index contributed by atoms with van der Waals surface area (Å²) in [5, 5.41) is 4.56. The largest absolute Gasteiger partial charge is 0.336 e. The van der Waals surface area contributed by atoms with Crippen LogP contribution in [0.4, 0.5) is 0 Å². The maximum Gasteiger partial charge on any atom is 0.245 e. The first-order valence-corrected chi connectivity index (χ1v) is 8.35. The summed E-state index contributed by atoms with van der Waals surface area (Å²) in [5.41, 5.74) is 2.19. The lowest BCUT2D eigenvalue weighted by molar-refractivity contribution is -0.138. The van der Waals surface area contributed by atoms with Crippen LogP contribution in [0.2, 0.25) is 0 Å². The lowest BCUT2D eigenvalue weighted by atomic mass is 10.0. The third-order valence-corrected chi connectivity index (χ3v) is 4.73. The van der Waals surface area contributed by atoms with E-state index in [0.29, 0.717) is 0 Å². The fourth-order valence-electron chi connectivity index (χ4n) is 3.41. The van der Waals surface area contributed by atoms with Gasteiger partial charge in [0.25, 0.3) is 0 Å². The molecule has 0 spiro atoms. The van der Waals surface area contributed by atoms with Crippen molar-refractivity contribution in [3.8, 4) is 0 Å². The second-order valence-electron chi connectivity index (χ2n) is 6.48. The smallest absolute Gasteiger partial charge is 0.245 e. The summed E-state index contributed by atoms with van der Waals surface area (Å²) in [7, 11) is 0. The van der Waals surface area contributed by atoms with Gasteiger partial charge in [0, 0.05) is 24.6 Å². The molecule has 0 saturated carbocycles. The van der Waals surface area contributed by atoms with Gasteiger partial charge in [-0.2, -0.15) is 5.10 Å². The van der Waals surface area contributed by atoms with Gasteiger partial charge in [0.1, 0.15) is 6.04 Å². The highest BCUT2D eigenvalue weighted by Crippen LogP contribution is 2.22. The summed E-state index contributed by atoms with van der Waals surface area (Å²) in [6, 6.07) is 2.10. The first-order valence-electron chi connectivity index (χ1n) is 8.35. The molecular weight excluding hydrogens is 290 g/mol. The number of hydrogen-bond donors (Lipinski definition) is 0. The molecule has 2 aromatic rings. The van der Waals surface area contributed by atoms with Crippen LogP contribution in [-0.4, -0.2) is 42.7 Å². The van der Waals surface area contributed by atoms with Crippen LogP contribution in [0.15, 0.2) is 24.8 Å². The lowest BCUT2D eigenvalue weighted by Crippen LogP contribution is -2.48. The molecule has 3 heterocycles. The Morgan fingerprint density at radius 1 is 1.39 bits per heavy atom. The third kappa shape index (κ3) is 3.30. The predicted molar refractivity (Wildman–Crippen MR) is 88.0 cm³/mol. The SMILES string of the molecule is Cc1cc(C)n(C[C@H]2CCCCN2C(=O)[C@H](C)n2ccnc2)n1. The molecule has 3 rings (SSSR count). The number of carbonyl (C=O) groups excluding carboxylic acids is 1. The standard InChI is InChI=1S/C17H25N5O/c1-13-10-14(2)22(19-13)11-16-6-4-5-8-21(16)17(23)15(3)20-9-7-18-12-20/h7,9-10,12,15-16H,4-6,8,11H2,1-3H3/t15-,16+/m0/s1. The number of likely N-dealkylation sites (tertiary alicyclic amines) is 1. The van der Waals surface area contributed by atoms with Crippen molar-refractivity contribution in [2.45, 2.75) is 58.7 Å². The normalized spacial score (nSPS) is 19.8. The highest BCUT2D eigenvalue weighted by atomic mass is 16.2. The monoisotopic (exact) mass is 315 g/mol. The molecule has 0 radical (unpaired) electrons. The van der Waals surface area contributed by atoms with Crippen LogP contribution in [0, 0.1) is 13.8 Å². The Kier molecular flexibility index (Phi) is 4.50. The van der Waals surface area contributed by atoms with Crippen molar-refractivity contribution in [3.63, 3.8) is 0 Å². The molecule has 2 aromatic heterocycles. The molecule has 23 heavy (non-hydrogen) atoms. The van der Waals surface area contributed by atoms with Crippen LogP contribution in [0.3, 0.4) is 0 Å². The first-order chi connectivity index (χ1) is 11.1. The molecule has 1 amide bonds. The number of rotatable bonds is 4. The van der Waals surface area contributed by atoms with Gasteiger partial charge in [0.2, 0.25) is 5.91 Å². The molecular formula is C17H25N5O. The van der Waals surface area contributed by atoms with Crippen LogP contribution in [-0.2, 0) is 11.3 Å². The van der Waals surface area contributed by atoms with E-state index < -0.39 is 0 Å². The summed E-state index contributed by atoms with van der Waals surface area (Å²) < 4.78 is 3.91. The minimum Gasteiger partial charge on any atom is -0.336 e.